The van der Waals surface area contributed by atoms with E-state index in [2.05, 4.69) is 5.32 Å². The van der Waals surface area contributed by atoms with Crippen molar-refractivity contribution in [3.8, 4) is 0 Å². The predicted octanol–water partition coefficient (Wildman–Crippen LogP) is 4.05. The van der Waals surface area contributed by atoms with Gasteiger partial charge in [0.1, 0.15) is 11.5 Å². The van der Waals surface area contributed by atoms with Crippen LogP contribution in [0.25, 0.3) is 5.57 Å². The molecule has 0 bridgehead atoms. The molecule has 1 aliphatic rings. The molecule has 0 aliphatic carbocycles. The van der Waals surface area contributed by atoms with Gasteiger partial charge in [-0.1, -0.05) is 29.8 Å². The van der Waals surface area contributed by atoms with Crippen molar-refractivity contribution >= 4 is 28.8 Å². The van der Waals surface area contributed by atoms with Crippen LogP contribution in [0.5, 0.6) is 0 Å². The van der Waals surface area contributed by atoms with Crippen molar-refractivity contribution in [2.45, 2.75) is 13.5 Å². The predicted molar refractivity (Wildman–Crippen MR) is 117 cm³/mol. The minimum Gasteiger partial charge on any atom is -0.467 e. The molecule has 6 nitrogen and oxygen atoms in total. The summed E-state index contributed by atoms with van der Waals surface area (Å²) in [5.74, 6) is -0.159. The Morgan fingerprint density at radius 2 is 1.63 bits per heavy atom. The van der Waals surface area contributed by atoms with Gasteiger partial charge in [0.05, 0.1) is 18.4 Å². The van der Waals surface area contributed by atoms with Crippen molar-refractivity contribution in [3.63, 3.8) is 0 Å². The van der Waals surface area contributed by atoms with Gasteiger partial charge < -0.3 is 14.6 Å². The van der Waals surface area contributed by atoms with E-state index in [-0.39, 0.29) is 24.1 Å². The zero-order chi connectivity index (χ0) is 21.3. The average Bonchev–Trinajstić information content (AvgIpc) is 3.32. The molecule has 4 rings (SSSR count). The number of carbonyl (C=O) groups is 2. The van der Waals surface area contributed by atoms with Crippen LogP contribution in [-0.4, -0.2) is 30.8 Å². The molecule has 6 heteroatoms. The Morgan fingerprint density at radius 1 is 0.933 bits per heavy atom. The molecule has 1 N–H and O–H groups in total. The maximum Gasteiger partial charge on any atom is 0.278 e. The largest absolute Gasteiger partial charge is 0.467 e. The summed E-state index contributed by atoms with van der Waals surface area (Å²) in [5, 5.41) is 3.18. The summed E-state index contributed by atoms with van der Waals surface area (Å²) < 4.78 is 5.35. The summed E-state index contributed by atoms with van der Waals surface area (Å²) in [6, 6.07) is 18.8. The molecular formula is C24H23N3O3. The maximum atomic E-state index is 13.2. The van der Waals surface area contributed by atoms with E-state index in [0.717, 1.165) is 16.9 Å². The molecule has 0 unspecified atom stereocenters. The molecule has 0 fully saturated rings. The minimum absolute atomic E-state index is 0.0881. The molecule has 1 aliphatic heterocycles. The highest BCUT2D eigenvalue weighted by molar-refractivity contribution is 6.36. The lowest BCUT2D eigenvalue weighted by atomic mass is 10.0. The Bertz CT molecular complexity index is 1100. The fourth-order valence-electron chi connectivity index (χ4n) is 3.37. The van der Waals surface area contributed by atoms with E-state index in [1.165, 1.54) is 11.2 Å². The van der Waals surface area contributed by atoms with Gasteiger partial charge in [-0.2, -0.15) is 0 Å². The van der Waals surface area contributed by atoms with Gasteiger partial charge in [-0.25, -0.2) is 0 Å². The minimum atomic E-state index is -0.372. The molecule has 3 aromatic rings. The number of rotatable bonds is 6. The summed E-state index contributed by atoms with van der Waals surface area (Å²) in [6.07, 6.45) is 1.53. The Balaban J connectivity index is 1.71. The number of furan rings is 1. The number of benzene rings is 2. The maximum absolute atomic E-state index is 13.2. The first-order valence-electron chi connectivity index (χ1n) is 9.68. The molecule has 2 aromatic carbocycles. The monoisotopic (exact) mass is 401 g/mol. The molecule has 2 amide bonds. The lowest BCUT2D eigenvalue weighted by Gasteiger charge is -2.15. The number of nitrogens with zero attached hydrogens (tertiary/aromatic N) is 2. The summed E-state index contributed by atoms with van der Waals surface area (Å²) in [4.78, 5) is 29.6. The molecule has 0 saturated carbocycles. The van der Waals surface area contributed by atoms with Crippen LogP contribution in [0, 0.1) is 6.92 Å². The topological polar surface area (TPSA) is 65.8 Å². The van der Waals surface area contributed by atoms with Gasteiger partial charge in [0.15, 0.2) is 0 Å². The van der Waals surface area contributed by atoms with Crippen LogP contribution in [-0.2, 0) is 16.1 Å². The normalized spacial score (nSPS) is 13.9. The summed E-state index contributed by atoms with van der Waals surface area (Å²) in [6.45, 7) is 2.07. The smallest absolute Gasteiger partial charge is 0.278 e. The van der Waals surface area contributed by atoms with Crippen LogP contribution < -0.4 is 10.2 Å². The van der Waals surface area contributed by atoms with Gasteiger partial charge >= 0.3 is 0 Å². The summed E-state index contributed by atoms with van der Waals surface area (Å²) >= 11 is 0. The third-order valence-corrected chi connectivity index (χ3v) is 5.06. The van der Waals surface area contributed by atoms with E-state index < -0.39 is 0 Å². The second-order valence-electron chi connectivity index (χ2n) is 7.46. The Morgan fingerprint density at radius 3 is 2.23 bits per heavy atom. The zero-order valence-electron chi connectivity index (χ0n) is 17.2. The molecule has 152 valence electrons. The van der Waals surface area contributed by atoms with E-state index in [4.69, 9.17) is 4.42 Å². The summed E-state index contributed by atoms with van der Waals surface area (Å²) in [7, 11) is 3.93. The number of aryl methyl sites for hydroxylation is 1. The SMILES string of the molecule is Cc1ccc(C2=C(Nc3ccc(N(C)C)cc3)C(=O)N(Cc3ccco3)C2=O)cc1. The van der Waals surface area contributed by atoms with Gasteiger partial charge in [-0.15, -0.1) is 0 Å². The molecular weight excluding hydrogens is 378 g/mol. The van der Waals surface area contributed by atoms with Crippen LogP contribution in [0.3, 0.4) is 0 Å². The van der Waals surface area contributed by atoms with Crippen LogP contribution >= 0.6 is 0 Å². The van der Waals surface area contributed by atoms with Gasteiger partial charge in [-0.3, -0.25) is 14.5 Å². The van der Waals surface area contributed by atoms with Crippen molar-refractivity contribution in [2.24, 2.45) is 0 Å². The van der Waals surface area contributed by atoms with Crippen LogP contribution in [0.15, 0.2) is 77.0 Å². The van der Waals surface area contributed by atoms with Crippen molar-refractivity contribution in [1.29, 1.82) is 0 Å². The third-order valence-electron chi connectivity index (χ3n) is 5.06. The van der Waals surface area contributed by atoms with Crippen molar-refractivity contribution in [3.05, 3.63) is 89.5 Å². The zero-order valence-corrected chi connectivity index (χ0v) is 17.2. The highest BCUT2D eigenvalue weighted by Gasteiger charge is 2.39. The number of nitrogens with one attached hydrogen (secondary N) is 1. The number of imide groups is 1. The van der Waals surface area contributed by atoms with E-state index in [1.54, 1.807) is 12.1 Å². The fourth-order valence-corrected chi connectivity index (χ4v) is 3.37. The number of anilines is 2. The molecule has 30 heavy (non-hydrogen) atoms. The lowest BCUT2D eigenvalue weighted by Crippen LogP contribution is -2.31. The molecule has 0 atom stereocenters. The fraction of sp³-hybridized carbons (Fsp3) is 0.167. The van der Waals surface area contributed by atoms with Crippen molar-refractivity contribution < 1.29 is 14.0 Å². The van der Waals surface area contributed by atoms with Crippen LogP contribution in [0.4, 0.5) is 11.4 Å². The molecule has 0 spiro atoms. The Labute approximate surface area is 175 Å². The molecule has 2 heterocycles. The van der Waals surface area contributed by atoms with Crippen molar-refractivity contribution in [2.75, 3.05) is 24.3 Å². The lowest BCUT2D eigenvalue weighted by molar-refractivity contribution is -0.137. The first-order valence-corrected chi connectivity index (χ1v) is 9.68. The first kappa shape index (κ1) is 19.5. The van der Waals surface area contributed by atoms with Gasteiger partial charge in [0.2, 0.25) is 0 Å². The van der Waals surface area contributed by atoms with Crippen LogP contribution in [0.2, 0.25) is 0 Å². The highest BCUT2D eigenvalue weighted by atomic mass is 16.3. The van der Waals surface area contributed by atoms with Gasteiger partial charge in [0.25, 0.3) is 11.8 Å². The third kappa shape index (κ3) is 3.72. The highest BCUT2D eigenvalue weighted by Crippen LogP contribution is 2.32. The number of amides is 2. The second-order valence-corrected chi connectivity index (χ2v) is 7.46. The first-order chi connectivity index (χ1) is 14.4. The Hall–Kier alpha value is -3.80. The standard InChI is InChI=1S/C24H23N3O3/c1-16-6-8-17(9-7-16)21-22(25-18-10-12-19(13-11-18)26(2)3)24(29)27(23(21)28)15-20-5-4-14-30-20/h4-14,25H,15H2,1-3H3. The van der Waals surface area contributed by atoms with E-state index in [0.29, 0.717) is 16.9 Å². The number of hydrogen-bond donors (Lipinski definition) is 1. The summed E-state index contributed by atoms with van der Waals surface area (Å²) in [5.41, 5.74) is 4.20. The number of carbonyl (C=O) groups excluding carboxylic acids is 2. The van der Waals surface area contributed by atoms with E-state index in [1.807, 2.05) is 74.4 Å². The van der Waals surface area contributed by atoms with E-state index >= 15 is 0 Å². The van der Waals surface area contributed by atoms with Gasteiger partial charge in [-0.05, 0) is 48.9 Å². The second kappa shape index (κ2) is 7.91. The molecule has 0 radical (unpaired) electrons. The van der Waals surface area contributed by atoms with Gasteiger partial charge in [0, 0.05) is 25.5 Å². The Kier molecular flexibility index (Phi) is 5.14. The number of hydrogen-bond acceptors (Lipinski definition) is 5. The van der Waals surface area contributed by atoms with E-state index in [9.17, 15) is 9.59 Å². The average molecular weight is 401 g/mol. The van der Waals surface area contributed by atoms with Crippen molar-refractivity contribution in [1.82, 2.24) is 4.90 Å². The van der Waals surface area contributed by atoms with Crippen LogP contribution in [0.1, 0.15) is 16.9 Å². The molecule has 1 aromatic heterocycles. The molecule has 0 saturated heterocycles. The quantitative estimate of drug-likeness (QED) is 0.632.